The monoisotopic (exact) mass is 292 g/mol. The third kappa shape index (κ3) is 3.04. The van der Waals surface area contributed by atoms with Gasteiger partial charge in [-0.3, -0.25) is 4.79 Å². The molecule has 0 spiro atoms. The summed E-state index contributed by atoms with van der Waals surface area (Å²) in [4.78, 5) is 10.6. The second-order valence-corrected chi connectivity index (χ2v) is 4.76. The van der Waals surface area contributed by atoms with E-state index in [9.17, 15) is 9.18 Å². The van der Waals surface area contributed by atoms with E-state index in [2.05, 4.69) is 0 Å². The number of carbonyl (C=O) groups excluding carboxylic acids is 1. The van der Waals surface area contributed by atoms with E-state index in [0.717, 1.165) is 11.1 Å². The fourth-order valence-corrected chi connectivity index (χ4v) is 2.19. The Morgan fingerprint density at radius 1 is 0.773 bits per heavy atom. The lowest BCUT2D eigenvalue weighted by Crippen LogP contribution is -1.91. The van der Waals surface area contributed by atoms with Gasteiger partial charge in [-0.05, 0) is 35.9 Å². The van der Waals surface area contributed by atoms with E-state index in [1.54, 1.807) is 12.1 Å². The van der Waals surface area contributed by atoms with Gasteiger partial charge in [-0.15, -0.1) is 0 Å². The highest BCUT2D eigenvalue weighted by Crippen LogP contribution is 2.33. The van der Waals surface area contributed by atoms with Crippen LogP contribution in [0.2, 0.25) is 0 Å². The molecule has 3 aromatic rings. The minimum absolute atomic E-state index is 0.0173. The summed E-state index contributed by atoms with van der Waals surface area (Å²) >= 11 is 0. The average Bonchev–Trinajstić information content (AvgIpc) is 2.57. The van der Waals surface area contributed by atoms with E-state index in [0.29, 0.717) is 11.5 Å². The zero-order valence-electron chi connectivity index (χ0n) is 11.7. The number of halogens is 1. The SMILES string of the molecule is O=C(F)c1ccc(Oc2ccccc2-c2ccccc2)cc1. The Kier molecular flexibility index (Phi) is 3.97. The maximum absolute atomic E-state index is 12.6. The topological polar surface area (TPSA) is 26.3 Å². The van der Waals surface area contributed by atoms with Gasteiger partial charge in [0.1, 0.15) is 11.5 Å². The molecule has 0 radical (unpaired) electrons. The summed E-state index contributed by atoms with van der Waals surface area (Å²) in [6.07, 6.45) is 0. The molecule has 0 aliphatic heterocycles. The molecule has 0 fully saturated rings. The number of carbonyl (C=O) groups is 1. The van der Waals surface area contributed by atoms with E-state index in [1.807, 2.05) is 54.6 Å². The normalized spacial score (nSPS) is 10.2. The molecular formula is C19H13FO2. The van der Waals surface area contributed by atoms with Gasteiger partial charge in [0.15, 0.2) is 0 Å². The van der Waals surface area contributed by atoms with E-state index in [4.69, 9.17) is 4.74 Å². The highest BCUT2D eigenvalue weighted by molar-refractivity contribution is 5.88. The third-order valence-corrected chi connectivity index (χ3v) is 3.28. The van der Waals surface area contributed by atoms with Crippen molar-refractivity contribution in [1.82, 2.24) is 0 Å². The quantitative estimate of drug-likeness (QED) is 0.613. The standard InChI is InChI=1S/C19H13FO2/c20-19(21)15-10-12-16(13-11-15)22-18-9-5-4-8-17(18)14-6-2-1-3-7-14/h1-13H. The molecule has 0 saturated heterocycles. The first-order valence-corrected chi connectivity index (χ1v) is 6.86. The number of hydrogen-bond donors (Lipinski definition) is 0. The second-order valence-electron chi connectivity index (χ2n) is 4.76. The van der Waals surface area contributed by atoms with E-state index in [-0.39, 0.29) is 5.56 Å². The van der Waals surface area contributed by atoms with Crippen molar-refractivity contribution in [3.05, 3.63) is 84.4 Å². The lowest BCUT2D eigenvalue weighted by atomic mass is 10.0. The predicted molar refractivity (Wildman–Crippen MR) is 83.8 cm³/mol. The molecule has 0 amide bonds. The van der Waals surface area contributed by atoms with Crippen LogP contribution < -0.4 is 4.74 Å². The molecule has 3 aromatic carbocycles. The van der Waals surface area contributed by atoms with Gasteiger partial charge in [0, 0.05) is 5.56 Å². The summed E-state index contributed by atoms with van der Waals surface area (Å²) in [6.45, 7) is 0. The molecule has 22 heavy (non-hydrogen) atoms. The number of benzene rings is 3. The Morgan fingerprint density at radius 3 is 2.09 bits per heavy atom. The highest BCUT2D eigenvalue weighted by atomic mass is 19.1. The van der Waals surface area contributed by atoms with Gasteiger partial charge in [0.25, 0.3) is 0 Å². The van der Waals surface area contributed by atoms with E-state index in [1.165, 1.54) is 12.1 Å². The van der Waals surface area contributed by atoms with Gasteiger partial charge in [-0.25, -0.2) is 0 Å². The Hall–Kier alpha value is -2.94. The van der Waals surface area contributed by atoms with Crippen molar-refractivity contribution in [2.45, 2.75) is 0 Å². The van der Waals surface area contributed by atoms with Crippen LogP contribution in [0.5, 0.6) is 11.5 Å². The van der Waals surface area contributed by atoms with Gasteiger partial charge >= 0.3 is 6.04 Å². The average molecular weight is 292 g/mol. The molecule has 0 atom stereocenters. The van der Waals surface area contributed by atoms with Crippen LogP contribution in [0, 0.1) is 0 Å². The molecule has 0 heterocycles. The summed E-state index contributed by atoms with van der Waals surface area (Å²) in [6, 6.07) is 22.1. The van der Waals surface area contributed by atoms with Crippen molar-refractivity contribution in [3.8, 4) is 22.6 Å². The van der Waals surface area contributed by atoms with Crippen LogP contribution in [0.25, 0.3) is 11.1 Å². The Balaban J connectivity index is 1.91. The lowest BCUT2D eigenvalue weighted by Gasteiger charge is -2.11. The van der Waals surface area contributed by atoms with Gasteiger partial charge < -0.3 is 4.74 Å². The predicted octanol–water partition coefficient (Wildman–Crippen LogP) is 5.26. The van der Waals surface area contributed by atoms with Crippen molar-refractivity contribution in [2.75, 3.05) is 0 Å². The van der Waals surface area contributed by atoms with E-state index < -0.39 is 6.04 Å². The van der Waals surface area contributed by atoms with Crippen molar-refractivity contribution in [2.24, 2.45) is 0 Å². The van der Waals surface area contributed by atoms with Crippen molar-refractivity contribution in [3.63, 3.8) is 0 Å². The van der Waals surface area contributed by atoms with Gasteiger partial charge in [-0.1, -0.05) is 48.5 Å². The number of rotatable bonds is 4. The molecule has 0 aliphatic carbocycles. The summed E-state index contributed by atoms with van der Waals surface area (Å²) in [5, 5.41) is 0. The summed E-state index contributed by atoms with van der Waals surface area (Å²) in [7, 11) is 0. The van der Waals surface area contributed by atoms with Crippen LogP contribution in [0.4, 0.5) is 4.39 Å². The van der Waals surface area contributed by atoms with Crippen LogP contribution in [-0.4, -0.2) is 6.04 Å². The number of para-hydroxylation sites is 1. The molecule has 3 heteroatoms. The van der Waals surface area contributed by atoms with Gasteiger partial charge in [-0.2, -0.15) is 4.39 Å². The third-order valence-electron chi connectivity index (χ3n) is 3.28. The van der Waals surface area contributed by atoms with Crippen LogP contribution in [0.15, 0.2) is 78.9 Å². The summed E-state index contributed by atoms with van der Waals surface area (Å²) in [5.41, 5.74) is 2.03. The first-order valence-electron chi connectivity index (χ1n) is 6.86. The fraction of sp³-hybridized carbons (Fsp3) is 0. The Bertz CT molecular complexity index is 780. The molecule has 0 bridgehead atoms. The Labute approximate surface area is 127 Å². The Morgan fingerprint density at radius 2 is 1.41 bits per heavy atom. The molecule has 0 unspecified atom stereocenters. The summed E-state index contributed by atoms with van der Waals surface area (Å²) < 4.78 is 18.5. The molecule has 0 saturated carbocycles. The zero-order chi connectivity index (χ0) is 15.4. The number of ether oxygens (including phenoxy) is 1. The fourth-order valence-electron chi connectivity index (χ4n) is 2.19. The minimum atomic E-state index is -1.45. The second kappa shape index (κ2) is 6.22. The largest absolute Gasteiger partial charge is 0.457 e. The van der Waals surface area contributed by atoms with Crippen LogP contribution >= 0.6 is 0 Å². The smallest absolute Gasteiger partial charge is 0.332 e. The molecule has 2 nitrogen and oxygen atoms in total. The van der Waals surface area contributed by atoms with Gasteiger partial charge in [0.05, 0.1) is 5.56 Å². The van der Waals surface area contributed by atoms with Crippen LogP contribution in [0.3, 0.4) is 0 Å². The maximum Gasteiger partial charge on any atom is 0.332 e. The molecule has 3 rings (SSSR count). The van der Waals surface area contributed by atoms with Crippen molar-refractivity contribution < 1.29 is 13.9 Å². The minimum Gasteiger partial charge on any atom is -0.457 e. The van der Waals surface area contributed by atoms with Crippen LogP contribution in [-0.2, 0) is 0 Å². The van der Waals surface area contributed by atoms with Crippen LogP contribution in [0.1, 0.15) is 10.4 Å². The molecule has 108 valence electrons. The molecule has 0 aliphatic rings. The first-order chi connectivity index (χ1) is 10.7. The maximum atomic E-state index is 12.6. The summed E-state index contributed by atoms with van der Waals surface area (Å²) in [5.74, 6) is 1.25. The molecule has 0 N–H and O–H groups in total. The first kappa shape index (κ1) is 14.0. The highest BCUT2D eigenvalue weighted by Gasteiger charge is 2.08. The number of hydrogen-bond acceptors (Lipinski definition) is 2. The van der Waals surface area contributed by atoms with Crippen molar-refractivity contribution in [1.29, 1.82) is 0 Å². The lowest BCUT2D eigenvalue weighted by molar-refractivity contribution is 0.0836. The van der Waals surface area contributed by atoms with E-state index >= 15 is 0 Å². The molecule has 0 aromatic heterocycles. The van der Waals surface area contributed by atoms with Gasteiger partial charge in [0.2, 0.25) is 0 Å². The van der Waals surface area contributed by atoms with Crippen molar-refractivity contribution >= 4 is 6.04 Å². The molecular weight excluding hydrogens is 279 g/mol. The zero-order valence-corrected chi connectivity index (χ0v) is 11.7.